The SMILES string of the molecule is CC1(C)COC(=O)N1c1nc2c(ccc3cc(C#N)ccc32)s1. The minimum atomic E-state index is -0.408. The molecule has 5 nitrogen and oxygen atoms in total. The van der Waals surface area contributed by atoms with Gasteiger partial charge in [0.05, 0.1) is 27.4 Å². The number of thiazole rings is 1. The van der Waals surface area contributed by atoms with Crippen molar-refractivity contribution in [3.63, 3.8) is 0 Å². The van der Waals surface area contributed by atoms with Crippen LogP contribution < -0.4 is 4.90 Å². The van der Waals surface area contributed by atoms with Gasteiger partial charge in [-0.1, -0.05) is 23.5 Å². The summed E-state index contributed by atoms with van der Waals surface area (Å²) < 4.78 is 6.17. The number of cyclic esters (lactones) is 1. The van der Waals surface area contributed by atoms with E-state index in [9.17, 15) is 4.79 Å². The summed E-state index contributed by atoms with van der Waals surface area (Å²) in [5.41, 5.74) is 1.06. The molecule has 0 atom stereocenters. The lowest BCUT2D eigenvalue weighted by Gasteiger charge is -2.24. The molecule has 4 rings (SSSR count). The molecule has 114 valence electrons. The molecule has 23 heavy (non-hydrogen) atoms. The highest BCUT2D eigenvalue weighted by Gasteiger charge is 2.42. The van der Waals surface area contributed by atoms with E-state index in [0.717, 1.165) is 21.0 Å². The number of carbonyl (C=O) groups excluding carboxylic acids is 1. The highest BCUT2D eigenvalue weighted by molar-refractivity contribution is 7.22. The van der Waals surface area contributed by atoms with Gasteiger partial charge in [0.2, 0.25) is 0 Å². The highest BCUT2D eigenvalue weighted by Crippen LogP contribution is 2.38. The molecule has 0 N–H and O–H groups in total. The molecule has 1 aliphatic heterocycles. The smallest absolute Gasteiger partial charge is 0.416 e. The maximum absolute atomic E-state index is 12.0. The van der Waals surface area contributed by atoms with Gasteiger partial charge in [-0.05, 0) is 37.4 Å². The Morgan fingerprint density at radius 3 is 2.87 bits per heavy atom. The monoisotopic (exact) mass is 323 g/mol. The van der Waals surface area contributed by atoms with Gasteiger partial charge in [-0.3, -0.25) is 0 Å². The Balaban J connectivity index is 1.93. The summed E-state index contributed by atoms with van der Waals surface area (Å²) in [4.78, 5) is 18.4. The molecule has 3 aromatic rings. The number of anilines is 1. The summed E-state index contributed by atoms with van der Waals surface area (Å²) in [6, 6.07) is 11.7. The van der Waals surface area contributed by atoms with Crippen LogP contribution >= 0.6 is 11.3 Å². The zero-order valence-electron chi connectivity index (χ0n) is 12.7. The maximum Gasteiger partial charge on any atom is 0.416 e. The maximum atomic E-state index is 12.0. The van der Waals surface area contributed by atoms with Crippen LogP contribution in [0.3, 0.4) is 0 Å². The predicted octanol–water partition coefficient (Wildman–Crippen LogP) is 4.06. The summed E-state index contributed by atoms with van der Waals surface area (Å²) in [5, 5.41) is 11.6. The van der Waals surface area contributed by atoms with Crippen molar-refractivity contribution in [2.24, 2.45) is 0 Å². The van der Waals surface area contributed by atoms with Crippen LogP contribution in [-0.2, 0) is 4.74 Å². The molecule has 0 unspecified atom stereocenters. The van der Waals surface area contributed by atoms with Crippen LogP contribution in [-0.4, -0.2) is 23.2 Å². The first-order chi connectivity index (χ1) is 11.0. The van der Waals surface area contributed by atoms with Gasteiger partial charge in [-0.2, -0.15) is 5.26 Å². The van der Waals surface area contributed by atoms with Gasteiger partial charge < -0.3 is 4.74 Å². The van der Waals surface area contributed by atoms with Crippen LogP contribution in [0.1, 0.15) is 19.4 Å². The van der Waals surface area contributed by atoms with Crippen molar-refractivity contribution in [3.05, 3.63) is 35.9 Å². The van der Waals surface area contributed by atoms with E-state index in [1.807, 2.05) is 38.1 Å². The van der Waals surface area contributed by atoms with E-state index < -0.39 is 5.54 Å². The molecule has 1 amide bonds. The fourth-order valence-electron chi connectivity index (χ4n) is 2.82. The Hall–Kier alpha value is -2.65. The summed E-state index contributed by atoms with van der Waals surface area (Å²) in [6.07, 6.45) is -0.356. The largest absolute Gasteiger partial charge is 0.447 e. The molecule has 6 heteroatoms. The number of nitrogens with zero attached hydrogens (tertiary/aromatic N) is 3. The van der Waals surface area contributed by atoms with Crippen LogP contribution in [0.2, 0.25) is 0 Å². The quantitative estimate of drug-likeness (QED) is 0.677. The first-order valence-electron chi connectivity index (χ1n) is 7.20. The zero-order valence-corrected chi connectivity index (χ0v) is 13.5. The Bertz CT molecular complexity index is 1000. The van der Waals surface area contributed by atoms with Crippen molar-refractivity contribution in [1.82, 2.24) is 4.98 Å². The Morgan fingerprint density at radius 2 is 2.17 bits per heavy atom. The summed E-state index contributed by atoms with van der Waals surface area (Å²) >= 11 is 1.47. The van der Waals surface area contributed by atoms with E-state index in [-0.39, 0.29) is 6.09 Å². The molecule has 1 aromatic heterocycles. The van der Waals surface area contributed by atoms with Gasteiger partial charge in [-0.25, -0.2) is 14.7 Å². The van der Waals surface area contributed by atoms with Crippen molar-refractivity contribution < 1.29 is 9.53 Å². The fraction of sp³-hybridized carbons (Fsp3) is 0.235. The van der Waals surface area contributed by atoms with Crippen molar-refractivity contribution in [2.75, 3.05) is 11.5 Å². The average molecular weight is 323 g/mol. The molecule has 0 spiro atoms. The van der Waals surface area contributed by atoms with Crippen LogP contribution in [0, 0.1) is 11.3 Å². The molecule has 1 saturated heterocycles. The van der Waals surface area contributed by atoms with E-state index in [2.05, 4.69) is 11.1 Å². The number of nitriles is 1. The predicted molar refractivity (Wildman–Crippen MR) is 89.7 cm³/mol. The first kappa shape index (κ1) is 14.0. The molecule has 2 heterocycles. The van der Waals surface area contributed by atoms with E-state index >= 15 is 0 Å². The lowest BCUT2D eigenvalue weighted by atomic mass is 10.1. The normalized spacial score (nSPS) is 16.7. The van der Waals surface area contributed by atoms with E-state index in [4.69, 9.17) is 10.00 Å². The van der Waals surface area contributed by atoms with Crippen molar-refractivity contribution >= 4 is 43.6 Å². The number of ether oxygens (including phenoxy) is 1. The number of hydrogen-bond acceptors (Lipinski definition) is 5. The number of aromatic nitrogens is 1. The molecule has 1 fully saturated rings. The van der Waals surface area contributed by atoms with Crippen molar-refractivity contribution in [3.8, 4) is 6.07 Å². The summed E-state index contributed by atoms with van der Waals surface area (Å²) in [6.45, 7) is 4.27. The van der Waals surface area contributed by atoms with Gasteiger partial charge in [0.25, 0.3) is 0 Å². The van der Waals surface area contributed by atoms with Gasteiger partial charge in [0, 0.05) is 5.39 Å². The Kier molecular flexibility index (Phi) is 2.84. The third-order valence-electron chi connectivity index (χ3n) is 4.02. The summed E-state index contributed by atoms with van der Waals surface area (Å²) in [5.74, 6) is 0. The number of fused-ring (bicyclic) bond motifs is 3. The van der Waals surface area contributed by atoms with Gasteiger partial charge >= 0.3 is 6.09 Å². The number of benzene rings is 2. The minimum Gasteiger partial charge on any atom is -0.447 e. The van der Waals surface area contributed by atoms with Crippen LogP contribution in [0.4, 0.5) is 9.93 Å². The zero-order chi connectivity index (χ0) is 16.2. The molecular weight excluding hydrogens is 310 g/mol. The number of amides is 1. The van der Waals surface area contributed by atoms with Crippen molar-refractivity contribution in [1.29, 1.82) is 5.26 Å². The standard InChI is InChI=1S/C17H13N3O2S/c1-17(2)9-22-16(21)20(17)15-19-14-12-5-3-10(8-18)7-11(12)4-6-13(14)23-15/h3-7H,9H2,1-2H3. The van der Waals surface area contributed by atoms with Gasteiger partial charge in [0.1, 0.15) is 6.61 Å². The molecule has 0 saturated carbocycles. The van der Waals surface area contributed by atoms with E-state index in [0.29, 0.717) is 17.3 Å². The fourth-order valence-corrected chi connectivity index (χ4v) is 3.96. The third-order valence-corrected chi connectivity index (χ3v) is 5.03. The third kappa shape index (κ3) is 2.05. The Labute approximate surface area is 136 Å². The van der Waals surface area contributed by atoms with E-state index in [1.54, 1.807) is 11.0 Å². The van der Waals surface area contributed by atoms with Crippen LogP contribution in [0.15, 0.2) is 30.3 Å². The topological polar surface area (TPSA) is 66.2 Å². The molecule has 0 radical (unpaired) electrons. The molecule has 1 aliphatic rings. The molecular formula is C17H13N3O2S. The summed E-state index contributed by atoms with van der Waals surface area (Å²) in [7, 11) is 0. The Morgan fingerprint density at radius 1 is 1.35 bits per heavy atom. The lowest BCUT2D eigenvalue weighted by molar-refractivity contribution is 0.175. The second-order valence-corrected chi connectivity index (χ2v) is 7.17. The van der Waals surface area contributed by atoms with Crippen LogP contribution in [0.5, 0.6) is 0 Å². The molecule has 0 bridgehead atoms. The molecule has 0 aliphatic carbocycles. The van der Waals surface area contributed by atoms with Crippen LogP contribution in [0.25, 0.3) is 21.0 Å². The highest BCUT2D eigenvalue weighted by atomic mass is 32.1. The van der Waals surface area contributed by atoms with E-state index in [1.165, 1.54) is 11.3 Å². The second-order valence-electron chi connectivity index (χ2n) is 6.16. The average Bonchev–Trinajstić information content (AvgIpc) is 3.06. The number of hydrogen-bond donors (Lipinski definition) is 0. The first-order valence-corrected chi connectivity index (χ1v) is 8.02. The number of rotatable bonds is 1. The second kappa shape index (κ2) is 4.67. The van der Waals surface area contributed by atoms with Crippen molar-refractivity contribution in [2.45, 2.75) is 19.4 Å². The molecule has 2 aromatic carbocycles. The number of carbonyl (C=O) groups is 1. The lowest BCUT2D eigenvalue weighted by Crippen LogP contribution is -2.41. The van der Waals surface area contributed by atoms with Gasteiger partial charge in [-0.15, -0.1) is 0 Å². The van der Waals surface area contributed by atoms with Gasteiger partial charge in [0.15, 0.2) is 5.13 Å². The minimum absolute atomic E-state index is 0.355.